The quantitative estimate of drug-likeness (QED) is 0.842. The highest BCUT2D eigenvalue weighted by Crippen LogP contribution is 2.22. The van der Waals surface area contributed by atoms with E-state index in [-0.39, 0.29) is 6.42 Å². The fourth-order valence-electron chi connectivity index (χ4n) is 2.03. The fourth-order valence-corrected chi connectivity index (χ4v) is 2.15. The van der Waals surface area contributed by atoms with Gasteiger partial charge in [0.1, 0.15) is 11.5 Å². The van der Waals surface area contributed by atoms with Crippen LogP contribution >= 0.6 is 11.6 Å². The van der Waals surface area contributed by atoms with Gasteiger partial charge in [-0.2, -0.15) is 0 Å². The summed E-state index contributed by atoms with van der Waals surface area (Å²) in [6.07, 6.45) is -0.781. The Morgan fingerprint density at radius 2 is 1.86 bits per heavy atom. The molecule has 0 fully saturated rings. The molecule has 0 unspecified atom stereocenters. The van der Waals surface area contributed by atoms with Gasteiger partial charge in [0, 0.05) is 11.4 Å². The summed E-state index contributed by atoms with van der Waals surface area (Å²) in [6, 6.07) is 14.0. The lowest BCUT2D eigenvalue weighted by molar-refractivity contribution is -0.145. The predicted octanol–water partition coefficient (Wildman–Crippen LogP) is 3.81. The Hall–Kier alpha value is -2.20. The van der Waals surface area contributed by atoms with Gasteiger partial charge in [0.05, 0.1) is 6.61 Å². The zero-order valence-electron chi connectivity index (χ0n) is 12.2. The van der Waals surface area contributed by atoms with E-state index in [1.165, 1.54) is 0 Å². The number of halogens is 1. The molecule has 2 aromatic rings. The lowest BCUT2D eigenvalue weighted by atomic mass is 10.1. The molecule has 4 nitrogen and oxygen atoms in total. The summed E-state index contributed by atoms with van der Waals surface area (Å²) >= 11 is 5.81. The molecule has 0 bridgehead atoms. The molecule has 2 aromatic carbocycles. The van der Waals surface area contributed by atoms with Crippen LogP contribution in [0.4, 0.5) is 0 Å². The molecule has 5 heteroatoms. The second-order valence-corrected chi connectivity index (χ2v) is 5.08. The molecule has 0 spiro atoms. The van der Waals surface area contributed by atoms with Gasteiger partial charge < -0.3 is 14.6 Å². The first-order valence-corrected chi connectivity index (χ1v) is 7.33. The van der Waals surface area contributed by atoms with Gasteiger partial charge in [-0.05, 0) is 42.8 Å². The van der Waals surface area contributed by atoms with E-state index in [1.54, 1.807) is 24.3 Å². The van der Waals surface area contributed by atoms with Crippen LogP contribution in [0.2, 0.25) is 5.02 Å². The molecular weight excluding hydrogens is 304 g/mol. The first-order valence-electron chi connectivity index (χ1n) is 6.96. The molecule has 0 amide bonds. The van der Waals surface area contributed by atoms with Gasteiger partial charge in [-0.25, -0.2) is 4.79 Å². The SMILES string of the molecule is CCOc1ccccc1C[C@H](Oc1ccc(Cl)cc1)C(=O)O. The molecule has 0 aliphatic heterocycles. The minimum Gasteiger partial charge on any atom is -0.494 e. The molecule has 0 saturated heterocycles. The molecule has 0 saturated carbocycles. The zero-order valence-corrected chi connectivity index (χ0v) is 12.9. The number of ether oxygens (including phenoxy) is 2. The molecule has 22 heavy (non-hydrogen) atoms. The van der Waals surface area contributed by atoms with Crippen molar-refractivity contribution in [2.24, 2.45) is 0 Å². The van der Waals surface area contributed by atoms with Crippen LogP contribution in [-0.4, -0.2) is 23.8 Å². The smallest absolute Gasteiger partial charge is 0.345 e. The minimum atomic E-state index is -1.03. The second kappa shape index (κ2) is 7.71. The summed E-state index contributed by atoms with van der Waals surface area (Å²) in [5.74, 6) is 0.114. The lowest BCUT2D eigenvalue weighted by Crippen LogP contribution is -2.29. The number of para-hydroxylation sites is 1. The lowest BCUT2D eigenvalue weighted by Gasteiger charge is -2.17. The summed E-state index contributed by atoms with van der Waals surface area (Å²) in [5, 5.41) is 9.95. The molecule has 1 N–H and O–H groups in total. The summed E-state index contributed by atoms with van der Waals surface area (Å²) in [4.78, 5) is 11.5. The maximum atomic E-state index is 11.5. The van der Waals surface area contributed by atoms with Crippen LogP contribution in [0.25, 0.3) is 0 Å². The topological polar surface area (TPSA) is 55.8 Å². The van der Waals surface area contributed by atoms with Crippen molar-refractivity contribution >= 4 is 17.6 Å². The number of carbonyl (C=O) groups is 1. The van der Waals surface area contributed by atoms with E-state index < -0.39 is 12.1 Å². The van der Waals surface area contributed by atoms with Crippen LogP contribution in [0, 0.1) is 0 Å². The van der Waals surface area contributed by atoms with Gasteiger partial charge in [0.25, 0.3) is 0 Å². The first kappa shape index (κ1) is 16.2. The molecule has 0 aliphatic carbocycles. The maximum absolute atomic E-state index is 11.5. The Bertz CT molecular complexity index is 625. The number of benzene rings is 2. The van der Waals surface area contributed by atoms with Crippen LogP contribution in [0.5, 0.6) is 11.5 Å². The van der Waals surface area contributed by atoms with Crippen LogP contribution in [0.15, 0.2) is 48.5 Å². The van der Waals surface area contributed by atoms with E-state index >= 15 is 0 Å². The molecule has 116 valence electrons. The molecule has 0 heterocycles. The van der Waals surface area contributed by atoms with Crippen molar-refractivity contribution in [3.63, 3.8) is 0 Å². The van der Waals surface area contributed by atoms with Gasteiger partial charge in [0.2, 0.25) is 0 Å². The summed E-state index contributed by atoms with van der Waals surface area (Å²) in [7, 11) is 0. The molecule has 0 radical (unpaired) electrons. The van der Waals surface area contributed by atoms with Crippen molar-refractivity contribution in [3.05, 3.63) is 59.1 Å². The molecule has 2 rings (SSSR count). The van der Waals surface area contributed by atoms with Crippen molar-refractivity contribution in [1.29, 1.82) is 0 Å². The highest BCUT2D eigenvalue weighted by molar-refractivity contribution is 6.30. The van der Waals surface area contributed by atoms with Gasteiger partial charge in [-0.15, -0.1) is 0 Å². The predicted molar refractivity (Wildman–Crippen MR) is 84.8 cm³/mol. The Morgan fingerprint density at radius 3 is 2.50 bits per heavy atom. The third-order valence-electron chi connectivity index (χ3n) is 3.05. The fraction of sp³-hybridized carbons (Fsp3) is 0.235. The molecule has 0 aliphatic rings. The van der Waals surface area contributed by atoms with Crippen molar-refractivity contribution in [2.45, 2.75) is 19.4 Å². The normalized spacial score (nSPS) is 11.7. The number of carboxylic acid groups (broad SMARTS) is 1. The number of aliphatic carboxylic acids is 1. The monoisotopic (exact) mass is 320 g/mol. The van der Waals surface area contributed by atoms with Crippen molar-refractivity contribution in [2.75, 3.05) is 6.61 Å². The summed E-state index contributed by atoms with van der Waals surface area (Å²) in [5.41, 5.74) is 0.797. The van der Waals surface area contributed by atoms with Crippen molar-refractivity contribution in [1.82, 2.24) is 0 Å². The van der Waals surface area contributed by atoms with Crippen LogP contribution in [-0.2, 0) is 11.2 Å². The Labute approximate surface area is 134 Å². The number of hydrogen-bond donors (Lipinski definition) is 1. The Kier molecular flexibility index (Phi) is 5.67. The number of hydrogen-bond acceptors (Lipinski definition) is 3. The standard InChI is InChI=1S/C17H17ClO4/c1-2-21-15-6-4-3-5-12(15)11-16(17(19)20)22-14-9-7-13(18)8-10-14/h3-10,16H,2,11H2,1H3,(H,19,20)/t16-/m0/s1. The van der Waals surface area contributed by atoms with Crippen molar-refractivity contribution in [3.8, 4) is 11.5 Å². The van der Waals surface area contributed by atoms with Gasteiger partial charge >= 0.3 is 5.97 Å². The van der Waals surface area contributed by atoms with E-state index in [0.717, 1.165) is 5.56 Å². The highest BCUT2D eigenvalue weighted by Gasteiger charge is 2.21. The summed E-state index contributed by atoms with van der Waals surface area (Å²) in [6.45, 7) is 2.41. The highest BCUT2D eigenvalue weighted by atomic mass is 35.5. The molecular formula is C17H17ClO4. The third kappa shape index (κ3) is 4.40. The molecule has 0 aromatic heterocycles. The largest absolute Gasteiger partial charge is 0.494 e. The van der Waals surface area contributed by atoms with Crippen molar-refractivity contribution < 1.29 is 19.4 Å². The van der Waals surface area contributed by atoms with Crippen LogP contribution in [0.3, 0.4) is 0 Å². The van der Waals surface area contributed by atoms with Crippen LogP contribution < -0.4 is 9.47 Å². The van der Waals surface area contributed by atoms with E-state index in [1.807, 2.05) is 31.2 Å². The third-order valence-corrected chi connectivity index (χ3v) is 3.30. The Balaban J connectivity index is 2.15. The average Bonchev–Trinajstić information content (AvgIpc) is 2.50. The number of rotatable bonds is 7. The van der Waals surface area contributed by atoms with Gasteiger partial charge in [-0.3, -0.25) is 0 Å². The van der Waals surface area contributed by atoms with E-state index in [0.29, 0.717) is 23.1 Å². The van der Waals surface area contributed by atoms with Gasteiger partial charge in [0.15, 0.2) is 6.10 Å². The average molecular weight is 321 g/mol. The molecule has 1 atom stereocenters. The zero-order chi connectivity index (χ0) is 15.9. The number of carboxylic acids is 1. The first-order chi connectivity index (χ1) is 10.6. The van der Waals surface area contributed by atoms with Crippen LogP contribution in [0.1, 0.15) is 12.5 Å². The minimum absolute atomic E-state index is 0.216. The van der Waals surface area contributed by atoms with E-state index in [4.69, 9.17) is 21.1 Å². The van der Waals surface area contributed by atoms with E-state index in [9.17, 15) is 9.90 Å². The summed E-state index contributed by atoms with van der Waals surface area (Å²) < 4.78 is 11.1. The van der Waals surface area contributed by atoms with E-state index in [2.05, 4.69) is 0 Å². The Morgan fingerprint density at radius 1 is 1.18 bits per heavy atom. The second-order valence-electron chi connectivity index (χ2n) is 4.64. The maximum Gasteiger partial charge on any atom is 0.345 e. The van der Waals surface area contributed by atoms with Gasteiger partial charge in [-0.1, -0.05) is 29.8 Å².